The summed E-state index contributed by atoms with van der Waals surface area (Å²) >= 11 is 0. The molecule has 0 aromatic carbocycles. The van der Waals surface area contributed by atoms with E-state index in [-0.39, 0.29) is 5.63 Å². The van der Waals surface area contributed by atoms with Gasteiger partial charge in [-0.2, -0.15) is 0 Å². The molecule has 1 aliphatic rings. The zero-order valence-electron chi connectivity index (χ0n) is 6.91. The smallest absolute Gasteiger partial charge is 0.335 e. The van der Waals surface area contributed by atoms with Crippen LogP contribution >= 0.6 is 0 Å². The lowest BCUT2D eigenvalue weighted by molar-refractivity contribution is 0.428. The van der Waals surface area contributed by atoms with E-state index in [1.807, 2.05) is 12.1 Å². The van der Waals surface area contributed by atoms with Crippen LogP contribution in [-0.2, 0) is 0 Å². The van der Waals surface area contributed by atoms with E-state index in [1.165, 1.54) is 6.07 Å². The molecule has 1 atom stereocenters. The summed E-state index contributed by atoms with van der Waals surface area (Å²) in [6.07, 6.45) is 5.06. The molecule has 1 aromatic rings. The van der Waals surface area contributed by atoms with Crippen molar-refractivity contribution >= 4 is 6.08 Å². The summed E-state index contributed by atoms with van der Waals surface area (Å²) in [7, 11) is 0. The molecule has 2 heteroatoms. The van der Waals surface area contributed by atoms with Crippen molar-refractivity contribution in [3.05, 3.63) is 40.0 Å². The molecule has 0 aliphatic heterocycles. The summed E-state index contributed by atoms with van der Waals surface area (Å²) in [5.74, 6) is 1.16. The van der Waals surface area contributed by atoms with Crippen molar-refractivity contribution in [2.24, 2.45) is 0 Å². The normalized spacial score (nSPS) is 20.6. The molecule has 0 bridgehead atoms. The molecule has 0 saturated carbocycles. The summed E-state index contributed by atoms with van der Waals surface area (Å²) in [6.45, 7) is 2.06. The van der Waals surface area contributed by atoms with E-state index < -0.39 is 0 Å². The molecule has 1 aromatic heterocycles. The first kappa shape index (κ1) is 7.35. The minimum Gasteiger partial charge on any atom is -0.427 e. The van der Waals surface area contributed by atoms with Gasteiger partial charge in [-0.05, 0) is 12.5 Å². The van der Waals surface area contributed by atoms with Gasteiger partial charge in [-0.15, -0.1) is 0 Å². The standard InChI is InChI=1S/C10H10O2/c1-7-3-2-4-8-5-6-9(11)12-10(7)8/h2,4-7H,3H2,1H3. The molecule has 0 amide bonds. The Balaban J connectivity index is 2.63. The molecule has 12 heavy (non-hydrogen) atoms. The van der Waals surface area contributed by atoms with Crippen molar-refractivity contribution in [1.29, 1.82) is 0 Å². The molecule has 1 aliphatic carbocycles. The molecule has 2 rings (SSSR count). The molecule has 1 unspecified atom stereocenters. The van der Waals surface area contributed by atoms with Gasteiger partial charge in [0.1, 0.15) is 5.76 Å². The third-order valence-corrected chi connectivity index (χ3v) is 2.13. The molecule has 0 spiro atoms. The van der Waals surface area contributed by atoms with Crippen molar-refractivity contribution < 1.29 is 4.42 Å². The Hall–Kier alpha value is -1.31. The van der Waals surface area contributed by atoms with E-state index >= 15 is 0 Å². The Kier molecular flexibility index (Phi) is 1.61. The van der Waals surface area contributed by atoms with Gasteiger partial charge in [-0.1, -0.05) is 19.1 Å². The second-order valence-corrected chi connectivity index (χ2v) is 3.11. The molecular weight excluding hydrogens is 152 g/mol. The summed E-state index contributed by atoms with van der Waals surface area (Å²) in [6, 6.07) is 3.27. The summed E-state index contributed by atoms with van der Waals surface area (Å²) in [4.78, 5) is 10.9. The Morgan fingerprint density at radius 2 is 2.33 bits per heavy atom. The van der Waals surface area contributed by atoms with E-state index in [0.29, 0.717) is 5.92 Å². The second-order valence-electron chi connectivity index (χ2n) is 3.11. The van der Waals surface area contributed by atoms with Crippen LogP contribution in [0.15, 0.2) is 27.4 Å². The predicted octanol–water partition coefficient (Wildman–Crippen LogP) is 2.16. The van der Waals surface area contributed by atoms with Crippen LogP contribution in [0.5, 0.6) is 0 Å². The average molecular weight is 162 g/mol. The monoisotopic (exact) mass is 162 g/mol. The van der Waals surface area contributed by atoms with Crippen molar-refractivity contribution in [2.75, 3.05) is 0 Å². The van der Waals surface area contributed by atoms with E-state index in [0.717, 1.165) is 17.7 Å². The number of allylic oxidation sites excluding steroid dienone is 1. The SMILES string of the molecule is CC1CC=Cc2ccc(=O)oc21. The molecular formula is C10H10O2. The van der Waals surface area contributed by atoms with Crippen molar-refractivity contribution in [1.82, 2.24) is 0 Å². The minimum absolute atomic E-state index is 0.254. The van der Waals surface area contributed by atoms with Crippen LogP contribution < -0.4 is 5.63 Å². The van der Waals surface area contributed by atoms with Crippen LogP contribution in [0, 0.1) is 0 Å². The van der Waals surface area contributed by atoms with Gasteiger partial charge in [0.15, 0.2) is 0 Å². The van der Waals surface area contributed by atoms with Gasteiger partial charge in [0.2, 0.25) is 0 Å². The van der Waals surface area contributed by atoms with Crippen molar-refractivity contribution in [3.63, 3.8) is 0 Å². The van der Waals surface area contributed by atoms with Gasteiger partial charge in [0.25, 0.3) is 0 Å². The fraction of sp³-hybridized carbons (Fsp3) is 0.300. The third-order valence-electron chi connectivity index (χ3n) is 2.13. The number of hydrogen-bond donors (Lipinski definition) is 0. The van der Waals surface area contributed by atoms with Crippen LogP contribution in [0.1, 0.15) is 30.6 Å². The minimum atomic E-state index is -0.254. The van der Waals surface area contributed by atoms with E-state index in [4.69, 9.17) is 4.42 Å². The zero-order valence-corrected chi connectivity index (χ0v) is 6.91. The van der Waals surface area contributed by atoms with Gasteiger partial charge in [-0.3, -0.25) is 0 Å². The fourth-order valence-corrected chi connectivity index (χ4v) is 1.47. The van der Waals surface area contributed by atoms with E-state index in [1.54, 1.807) is 0 Å². The van der Waals surface area contributed by atoms with E-state index in [9.17, 15) is 4.79 Å². The topological polar surface area (TPSA) is 30.2 Å². The highest BCUT2D eigenvalue weighted by atomic mass is 16.4. The van der Waals surface area contributed by atoms with Crippen LogP contribution in [0.3, 0.4) is 0 Å². The maximum atomic E-state index is 10.9. The quantitative estimate of drug-likeness (QED) is 0.585. The summed E-state index contributed by atoms with van der Waals surface area (Å²) in [5.41, 5.74) is 0.782. The first-order valence-corrected chi connectivity index (χ1v) is 4.08. The molecule has 62 valence electrons. The maximum absolute atomic E-state index is 10.9. The molecule has 0 N–H and O–H groups in total. The Morgan fingerprint density at radius 1 is 1.50 bits per heavy atom. The molecule has 0 fully saturated rings. The number of fused-ring (bicyclic) bond motifs is 1. The highest BCUT2D eigenvalue weighted by Gasteiger charge is 2.14. The van der Waals surface area contributed by atoms with Crippen LogP contribution in [0.2, 0.25) is 0 Å². The largest absolute Gasteiger partial charge is 0.427 e. The van der Waals surface area contributed by atoms with Gasteiger partial charge >= 0.3 is 5.63 Å². The molecule has 0 radical (unpaired) electrons. The number of rotatable bonds is 0. The first-order valence-electron chi connectivity index (χ1n) is 4.08. The van der Waals surface area contributed by atoms with Crippen molar-refractivity contribution in [3.8, 4) is 0 Å². The van der Waals surface area contributed by atoms with Crippen molar-refractivity contribution in [2.45, 2.75) is 19.3 Å². The Morgan fingerprint density at radius 3 is 3.17 bits per heavy atom. The molecule has 0 saturated heterocycles. The van der Waals surface area contributed by atoms with Crippen LogP contribution in [0.4, 0.5) is 0 Å². The molecule has 1 heterocycles. The van der Waals surface area contributed by atoms with Crippen LogP contribution in [0.25, 0.3) is 6.08 Å². The average Bonchev–Trinajstić information content (AvgIpc) is 2.07. The lowest BCUT2D eigenvalue weighted by atomic mass is 9.95. The predicted molar refractivity (Wildman–Crippen MR) is 47.0 cm³/mol. The lowest BCUT2D eigenvalue weighted by Crippen LogP contribution is -2.06. The van der Waals surface area contributed by atoms with Gasteiger partial charge in [0.05, 0.1) is 0 Å². The van der Waals surface area contributed by atoms with E-state index in [2.05, 4.69) is 13.0 Å². The number of hydrogen-bond acceptors (Lipinski definition) is 2. The fourth-order valence-electron chi connectivity index (χ4n) is 1.47. The third kappa shape index (κ3) is 1.09. The maximum Gasteiger partial charge on any atom is 0.335 e. The highest BCUT2D eigenvalue weighted by Crippen LogP contribution is 2.27. The summed E-state index contributed by atoms with van der Waals surface area (Å²) < 4.78 is 5.11. The van der Waals surface area contributed by atoms with Gasteiger partial charge in [0, 0.05) is 17.5 Å². The molecule has 2 nitrogen and oxygen atoms in total. The highest BCUT2D eigenvalue weighted by molar-refractivity contribution is 5.54. The first-order chi connectivity index (χ1) is 5.77. The second kappa shape index (κ2) is 2.63. The summed E-state index contributed by atoms with van der Waals surface area (Å²) in [5, 5.41) is 0. The Bertz CT molecular complexity index is 374. The van der Waals surface area contributed by atoms with Gasteiger partial charge in [-0.25, -0.2) is 4.79 Å². The van der Waals surface area contributed by atoms with Gasteiger partial charge < -0.3 is 4.42 Å². The van der Waals surface area contributed by atoms with Crippen LogP contribution in [-0.4, -0.2) is 0 Å². The lowest BCUT2D eigenvalue weighted by Gasteiger charge is -2.14. The Labute approximate surface area is 70.5 Å². The zero-order chi connectivity index (χ0) is 8.55.